The number of hydrogen-bond acceptors (Lipinski definition) is 4. The lowest BCUT2D eigenvalue weighted by Gasteiger charge is -2.12. The van der Waals surface area contributed by atoms with Crippen molar-refractivity contribution in [2.24, 2.45) is 0 Å². The number of halogens is 1. The summed E-state index contributed by atoms with van der Waals surface area (Å²) in [6, 6.07) is 7.74. The van der Waals surface area contributed by atoms with Crippen LogP contribution in [0, 0.1) is 6.92 Å². The zero-order valence-corrected chi connectivity index (χ0v) is 12.8. The number of benzene rings is 1. The molecule has 0 aliphatic heterocycles. The summed E-state index contributed by atoms with van der Waals surface area (Å²) in [5, 5.41) is 3.29. The normalized spacial score (nSPS) is 10.8. The first kappa shape index (κ1) is 13.8. The van der Waals surface area contributed by atoms with Gasteiger partial charge in [-0.05, 0) is 24.6 Å². The van der Waals surface area contributed by atoms with Crippen molar-refractivity contribution in [3.63, 3.8) is 0 Å². The van der Waals surface area contributed by atoms with Crippen molar-refractivity contribution in [1.29, 1.82) is 0 Å². The summed E-state index contributed by atoms with van der Waals surface area (Å²) in [4.78, 5) is 8.71. The maximum absolute atomic E-state index is 5.82. The average Bonchev–Trinajstić information content (AvgIpc) is 2.34. The Bertz CT molecular complexity index is 596. The van der Waals surface area contributed by atoms with Gasteiger partial charge < -0.3 is 11.1 Å². The predicted molar refractivity (Wildman–Crippen MR) is 82.7 cm³/mol. The van der Waals surface area contributed by atoms with Crippen LogP contribution in [0.15, 0.2) is 28.7 Å². The summed E-state index contributed by atoms with van der Waals surface area (Å²) in [5.74, 6) is 2.19. The first-order valence-corrected chi connectivity index (χ1v) is 6.93. The first-order valence-electron chi connectivity index (χ1n) is 6.14. The van der Waals surface area contributed by atoms with Crippen molar-refractivity contribution in [3.05, 3.63) is 40.1 Å². The van der Waals surface area contributed by atoms with Crippen LogP contribution in [0.1, 0.15) is 31.2 Å². The monoisotopic (exact) mass is 320 g/mol. The van der Waals surface area contributed by atoms with Gasteiger partial charge >= 0.3 is 0 Å². The summed E-state index contributed by atoms with van der Waals surface area (Å²) >= 11 is 3.51. The number of hydrogen-bond donors (Lipinski definition) is 2. The molecule has 3 N–H and O–H groups in total. The Morgan fingerprint density at radius 1 is 1.26 bits per heavy atom. The highest BCUT2D eigenvalue weighted by atomic mass is 79.9. The molecular weight excluding hydrogens is 304 g/mol. The molecule has 4 nitrogen and oxygen atoms in total. The van der Waals surface area contributed by atoms with E-state index in [-0.39, 0.29) is 5.92 Å². The minimum absolute atomic E-state index is 0.243. The van der Waals surface area contributed by atoms with Gasteiger partial charge in [0, 0.05) is 22.1 Å². The molecule has 0 saturated carbocycles. The molecule has 0 radical (unpaired) electrons. The van der Waals surface area contributed by atoms with E-state index in [0.29, 0.717) is 5.82 Å². The number of nitrogen functional groups attached to an aromatic ring is 1. The topological polar surface area (TPSA) is 63.8 Å². The molecule has 1 aromatic heterocycles. The van der Waals surface area contributed by atoms with Crippen LogP contribution >= 0.6 is 15.9 Å². The molecule has 2 aromatic rings. The van der Waals surface area contributed by atoms with Crippen LogP contribution < -0.4 is 11.1 Å². The van der Waals surface area contributed by atoms with Gasteiger partial charge in [0.05, 0.1) is 0 Å². The molecule has 0 amide bonds. The molecule has 0 spiro atoms. The maximum atomic E-state index is 5.82. The highest BCUT2D eigenvalue weighted by Crippen LogP contribution is 2.26. The number of rotatable bonds is 3. The number of anilines is 3. The molecule has 2 rings (SSSR count). The number of nitrogens with zero attached hydrogens (tertiary/aromatic N) is 2. The van der Waals surface area contributed by atoms with Crippen molar-refractivity contribution in [3.8, 4) is 0 Å². The standard InChI is InChI=1S/C14H17BrN4/c1-8(2)14-18-12(16)7-13(19-14)17-11-6-4-5-10(15)9(11)3/h4-8H,1-3H3,(H3,16,17,18,19). The van der Waals surface area contributed by atoms with E-state index >= 15 is 0 Å². The molecule has 100 valence electrons. The Morgan fingerprint density at radius 3 is 2.68 bits per heavy atom. The summed E-state index contributed by atoms with van der Waals surface area (Å²) in [6.07, 6.45) is 0. The third-order valence-corrected chi connectivity index (χ3v) is 3.67. The Morgan fingerprint density at radius 2 is 2.00 bits per heavy atom. The van der Waals surface area contributed by atoms with Crippen LogP contribution in [0.25, 0.3) is 0 Å². The quantitative estimate of drug-likeness (QED) is 0.897. The van der Waals surface area contributed by atoms with Crippen LogP contribution in [-0.4, -0.2) is 9.97 Å². The van der Waals surface area contributed by atoms with Gasteiger partial charge in [0.15, 0.2) is 0 Å². The lowest BCUT2D eigenvalue weighted by Crippen LogP contribution is -2.05. The average molecular weight is 321 g/mol. The fourth-order valence-corrected chi connectivity index (χ4v) is 2.05. The highest BCUT2D eigenvalue weighted by Gasteiger charge is 2.08. The van der Waals surface area contributed by atoms with Crippen molar-refractivity contribution >= 4 is 33.3 Å². The van der Waals surface area contributed by atoms with E-state index in [2.05, 4.69) is 31.2 Å². The van der Waals surface area contributed by atoms with Gasteiger partial charge in [-0.2, -0.15) is 0 Å². The molecule has 0 atom stereocenters. The van der Waals surface area contributed by atoms with E-state index < -0.39 is 0 Å². The van der Waals surface area contributed by atoms with E-state index in [1.165, 1.54) is 0 Å². The minimum atomic E-state index is 0.243. The maximum Gasteiger partial charge on any atom is 0.136 e. The fraction of sp³-hybridized carbons (Fsp3) is 0.286. The minimum Gasteiger partial charge on any atom is -0.384 e. The lowest BCUT2D eigenvalue weighted by atomic mass is 10.2. The zero-order valence-electron chi connectivity index (χ0n) is 11.2. The molecule has 0 bridgehead atoms. The third kappa shape index (κ3) is 3.23. The largest absolute Gasteiger partial charge is 0.384 e. The Hall–Kier alpha value is -1.62. The van der Waals surface area contributed by atoms with E-state index in [1.807, 2.05) is 39.0 Å². The third-order valence-electron chi connectivity index (χ3n) is 2.81. The summed E-state index contributed by atoms with van der Waals surface area (Å²) in [7, 11) is 0. The fourth-order valence-electron chi connectivity index (χ4n) is 1.69. The van der Waals surface area contributed by atoms with Gasteiger partial charge in [0.25, 0.3) is 0 Å². The molecule has 0 aliphatic carbocycles. The van der Waals surface area contributed by atoms with Crippen molar-refractivity contribution < 1.29 is 0 Å². The molecule has 0 aliphatic rings. The van der Waals surface area contributed by atoms with Crippen LogP contribution in [0.4, 0.5) is 17.3 Å². The Labute approximate surface area is 121 Å². The smallest absolute Gasteiger partial charge is 0.136 e. The van der Waals surface area contributed by atoms with Crippen LogP contribution in [0.5, 0.6) is 0 Å². The van der Waals surface area contributed by atoms with Gasteiger partial charge in [0.2, 0.25) is 0 Å². The van der Waals surface area contributed by atoms with Crippen molar-refractivity contribution in [2.45, 2.75) is 26.7 Å². The molecular formula is C14H17BrN4. The van der Waals surface area contributed by atoms with Gasteiger partial charge in [-0.25, -0.2) is 9.97 Å². The van der Waals surface area contributed by atoms with Gasteiger partial charge in [-0.3, -0.25) is 0 Å². The van der Waals surface area contributed by atoms with Crippen LogP contribution in [0.2, 0.25) is 0 Å². The summed E-state index contributed by atoms with van der Waals surface area (Å²) < 4.78 is 1.06. The van der Waals surface area contributed by atoms with Gasteiger partial charge in [-0.1, -0.05) is 35.8 Å². The molecule has 0 unspecified atom stereocenters. The second-order valence-electron chi connectivity index (χ2n) is 4.73. The molecule has 1 aromatic carbocycles. The Kier molecular flexibility index (Phi) is 4.04. The second kappa shape index (κ2) is 5.57. The predicted octanol–water partition coefficient (Wildman–Crippen LogP) is 4.00. The molecule has 1 heterocycles. The Balaban J connectivity index is 2.35. The van der Waals surface area contributed by atoms with E-state index in [9.17, 15) is 0 Å². The van der Waals surface area contributed by atoms with Crippen LogP contribution in [-0.2, 0) is 0 Å². The zero-order chi connectivity index (χ0) is 14.0. The molecule has 0 fully saturated rings. The van der Waals surface area contributed by atoms with E-state index in [4.69, 9.17) is 5.73 Å². The first-order chi connectivity index (χ1) is 8.97. The molecule has 5 heteroatoms. The van der Waals surface area contributed by atoms with E-state index in [1.54, 1.807) is 6.07 Å². The lowest BCUT2D eigenvalue weighted by molar-refractivity contribution is 0.779. The number of nitrogens with one attached hydrogen (secondary N) is 1. The number of aromatic nitrogens is 2. The van der Waals surface area contributed by atoms with Gasteiger partial charge in [0.1, 0.15) is 17.5 Å². The second-order valence-corrected chi connectivity index (χ2v) is 5.58. The van der Waals surface area contributed by atoms with Crippen LogP contribution in [0.3, 0.4) is 0 Å². The SMILES string of the molecule is Cc1c(Br)cccc1Nc1cc(N)nc(C(C)C)n1. The highest BCUT2D eigenvalue weighted by molar-refractivity contribution is 9.10. The van der Waals surface area contributed by atoms with Crippen molar-refractivity contribution in [1.82, 2.24) is 9.97 Å². The molecule has 0 saturated heterocycles. The van der Waals surface area contributed by atoms with Gasteiger partial charge in [-0.15, -0.1) is 0 Å². The summed E-state index contributed by atoms with van der Waals surface area (Å²) in [6.45, 7) is 6.13. The number of nitrogens with two attached hydrogens (primary N) is 1. The summed E-state index contributed by atoms with van der Waals surface area (Å²) in [5.41, 5.74) is 7.95. The van der Waals surface area contributed by atoms with E-state index in [0.717, 1.165) is 27.4 Å². The molecule has 19 heavy (non-hydrogen) atoms. The van der Waals surface area contributed by atoms with Crippen molar-refractivity contribution in [2.75, 3.05) is 11.1 Å².